The number of rotatable bonds is 6. The Morgan fingerprint density at radius 1 is 1.36 bits per heavy atom. The second-order valence-electron chi connectivity index (χ2n) is 4.93. The van der Waals surface area contributed by atoms with Crippen molar-refractivity contribution in [1.29, 1.82) is 0 Å². The third-order valence-electron chi connectivity index (χ3n) is 3.31. The number of carbonyl (C=O) groups excluding carboxylic acids is 1. The Kier molecular flexibility index (Phi) is 5.55. The molecule has 0 bridgehead atoms. The maximum Gasteiger partial charge on any atom is 0.315 e. The fourth-order valence-electron chi connectivity index (χ4n) is 2.22. The second kappa shape index (κ2) is 7.61. The van der Waals surface area contributed by atoms with Crippen molar-refractivity contribution < 1.29 is 18.3 Å². The second-order valence-corrected chi connectivity index (χ2v) is 4.93. The molecule has 0 saturated carbocycles. The number of hydrogen-bond acceptors (Lipinski definition) is 3. The third-order valence-corrected chi connectivity index (χ3v) is 3.31. The summed E-state index contributed by atoms with van der Waals surface area (Å²) in [6.07, 6.45) is 2.53. The minimum Gasteiger partial charge on any atom is -0.472 e. The Bertz CT molecular complexity index is 601. The Balaban J connectivity index is 1.93. The molecule has 0 spiro atoms. The van der Waals surface area contributed by atoms with Crippen molar-refractivity contribution in [2.75, 3.05) is 7.11 Å². The molecule has 2 rings (SSSR count). The molecule has 2 aromatic rings. The van der Waals surface area contributed by atoms with Crippen LogP contribution in [0.2, 0.25) is 0 Å². The lowest BCUT2D eigenvalue weighted by Gasteiger charge is -2.24. The van der Waals surface area contributed by atoms with Gasteiger partial charge in [0, 0.05) is 24.8 Å². The van der Waals surface area contributed by atoms with Crippen LogP contribution in [0.15, 0.2) is 47.3 Å². The van der Waals surface area contributed by atoms with Crippen LogP contribution in [0.1, 0.15) is 24.2 Å². The summed E-state index contributed by atoms with van der Waals surface area (Å²) in [5.74, 6) is -0.359. The van der Waals surface area contributed by atoms with Crippen LogP contribution in [0.4, 0.5) is 9.18 Å². The molecule has 1 aromatic carbocycles. The zero-order valence-corrected chi connectivity index (χ0v) is 12.5. The average molecular weight is 306 g/mol. The van der Waals surface area contributed by atoms with E-state index in [-0.39, 0.29) is 11.8 Å². The molecule has 0 unspecified atom stereocenters. The Labute approximate surface area is 128 Å². The van der Waals surface area contributed by atoms with Gasteiger partial charge in [-0.3, -0.25) is 0 Å². The number of benzene rings is 1. The summed E-state index contributed by atoms with van der Waals surface area (Å²) in [6.45, 7) is 2.12. The summed E-state index contributed by atoms with van der Waals surface area (Å²) < 4.78 is 24.1. The lowest BCUT2D eigenvalue weighted by Crippen LogP contribution is -2.43. The highest BCUT2D eigenvalue weighted by Gasteiger charge is 2.23. The van der Waals surface area contributed by atoms with E-state index in [0.29, 0.717) is 12.1 Å². The van der Waals surface area contributed by atoms with Gasteiger partial charge in [0.2, 0.25) is 0 Å². The zero-order chi connectivity index (χ0) is 15.9. The van der Waals surface area contributed by atoms with Gasteiger partial charge < -0.3 is 19.8 Å². The van der Waals surface area contributed by atoms with Crippen LogP contribution < -0.4 is 10.6 Å². The van der Waals surface area contributed by atoms with Crippen LogP contribution in [0.5, 0.6) is 0 Å². The molecule has 0 saturated heterocycles. The van der Waals surface area contributed by atoms with Crippen molar-refractivity contribution in [2.45, 2.75) is 25.6 Å². The fourth-order valence-corrected chi connectivity index (χ4v) is 2.22. The fraction of sp³-hybridized carbons (Fsp3) is 0.312. The third kappa shape index (κ3) is 4.08. The van der Waals surface area contributed by atoms with Gasteiger partial charge in [0.1, 0.15) is 11.9 Å². The van der Waals surface area contributed by atoms with E-state index < -0.39 is 12.1 Å². The molecule has 1 heterocycles. The van der Waals surface area contributed by atoms with E-state index in [0.717, 1.165) is 5.56 Å². The first-order valence-corrected chi connectivity index (χ1v) is 6.94. The molecule has 22 heavy (non-hydrogen) atoms. The van der Waals surface area contributed by atoms with Crippen LogP contribution in [-0.4, -0.2) is 19.2 Å². The van der Waals surface area contributed by atoms with Gasteiger partial charge in [0.25, 0.3) is 0 Å². The van der Waals surface area contributed by atoms with Crippen molar-refractivity contribution in [3.05, 3.63) is 59.8 Å². The van der Waals surface area contributed by atoms with Gasteiger partial charge in [-0.15, -0.1) is 0 Å². The predicted octanol–water partition coefficient (Wildman–Crippen LogP) is 2.99. The summed E-state index contributed by atoms with van der Waals surface area (Å²) in [5.41, 5.74) is 1.27. The molecule has 2 amide bonds. The highest BCUT2D eigenvalue weighted by atomic mass is 19.1. The summed E-state index contributed by atoms with van der Waals surface area (Å²) >= 11 is 0. The van der Waals surface area contributed by atoms with E-state index in [1.54, 1.807) is 37.5 Å². The van der Waals surface area contributed by atoms with Gasteiger partial charge in [0.05, 0.1) is 18.6 Å². The first-order valence-electron chi connectivity index (χ1n) is 6.94. The Hall–Kier alpha value is -2.34. The number of carbonyl (C=O) groups is 1. The normalized spacial score (nSPS) is 13.4. The van der Waals surface area contributed by atoms with Crippen molar-refractivity contribution in [1.82, 2.24) is 10.6 Å². The molecule has 118 valence electrons. The molecular formula is C16H19FN2O3. The van der Waals surface area contributed by atoms with Gasteiger partial charge in [-0.2, -0.15) is 0 Å². The molecule has 0 aliphatic rings. The van der Waals surface area contributed by atoms with Gasteiger partial charge >= 0.3 is 6.03 Å². The number of amides is 2. The van der Waals surface area contributed by atoms with Gasteiger partial charge in [-0.05, 0) is 19.1 Å². The van der Waals surface area contributed by atoms with Crippen LogP contribution in [0.3, 0.4) is 0 Å². The average Bonchev–Trinajstić information content (AvgIpc) is 3.01. The standard InChI is InChI=1S/C16H19FN2O3/c1-11(15(21-2)13-5-3-4-6-14(13)17)19-16(20)18-9-12-7-8-22-10-12/h3-8,10-11,15H,9H2,1-2H3,(H2,18,19,20)/t11-,15+/m0/s1. The molecule has 0 radical (unpaired) electrons. The van der Waals surface area contributed by atoms with E-state index in [9.17, 15) is 9.18 Å². The number of halogens is 1. The van der Waals surface area contributed by atoms with Gasteiger partial charge in [0.15, 0.2) is 0 Å². The van der Waals surface area contributed by atoms with E-state index in [1.165, 1.54) is 19.4 Å². The number of methoxy groups -OCH3 is 1. The van der Waals surface area contributed by atoms with Crippen LogP contribution >= 0.6 is 0 Å². The summed E-state index contributed by atoms with van der Waals surface area (Å²) in [4.78, 5) is 11.9. The SMILES string of the molecule is CO[C@@H](c1ccccc1F)[C@H](C)NC(=O)NCc1ccoc1. The van der Waals surface area contributed by atoms with Crippen molar-refractivity contribution in [3.63, 3.8) is 0 Å². The molecule has 0 aliphatic heterocycles. The van der Waals surface area contributed by atoms with Crippen LogP contribution in [-0.2, 0) is 11.3 Å². The molecule has 6 heteroatoms. The minimum atomic E-state index is -0.569. The predicted molar refractivity (Wildman–Crippen MR) is 79.7 cm³/mol. The van der Waals surface area contributed by atoms with E-state index in [4.69, 9.17) is 9.15 Å². The van der Waals surface area contributed by atoms with Crippen molar-refractivity contribution in [3.8, 4) is 0 Å². The Morgan fingerprint density at radius 3 is 2.77 bits per heavy atom. The Morgan fingerprint density at radius 2 is 2.14 bits per heavy atom. The minimum absolute atomic E-state index is 0.354. The molecule has 2 atom stereocenters. The highest BCUT2D eigenvalue weighted by Crippen LogP contribution is 2.23. The number of ether oxygens (including phenoxy) is 1. The first kappa shape index (κ1) is 16.0. The van der Waals surface area contributed by atoms with E-state index in [2.05, 4.69) is 10.6 Å². The zero-order valence-electron chi connectivity index (χ0n) is 12.5. The molecule has 0 aliphatic carbocycles. The van der Waals surface area contributed by atoms with Crippen molar-refractivity contribution in [2.24, 2.45) is 0 Å². The smallest absolute Gasteiger partial charge is 0.315 e. The van der Waals surface area contributed by atoms with Crippen LogP contribution in [0.25, 0.3) is 0 Å². The van der Waals surface area contributed by atoms with Crippen LogP contribution in [0, 0.1) is 5.82 Å². The first-order chi connectivity index (χ1) is 10.6. The number of hydrogen-bond donors (Lipinski definition) is 2. The molecule has 2 N–H and O–H groups in total. The van der Waals surface area contributed by atoms with E-state index in [1.807, 2.05) is 0 Å². The molecule has 1 aromatic heterocycles. The summed E-state index contributed by atoms with van der Waals surface area (Å²) in [6, 6.07) is 7.37. The van der Waals surface area contributed by atoms with Gasteiger partial charge in [-0.1, -0.05) is 18.2 Å². The van der Waals surface area contributed by atoms with Crippen molar-refractivity contribution >= 4 is 6.03 Å². The molecular weight excluding hydrogens is 287 g/mol. The molecule has 0 fully saturated rings. The summed E-state index contributed by atoms with van der Waals surface area (Å²) in [7, 11) is 1.48. The number of furan rings is 1. The number of nitrogens with one attached hydrogen (secondary N) is 2. The summed E-state index contributed by atoms with van der Waals surface area (Å²) in [5, 5.41) is 5.45. The monoisotopic (exact) mass is 306 g/mol. The lowest BCUT2D eigenvalue weighted by atomic mass is 10.0. The largest absolute Gasteiger partial charge is 0.472 e. The maximum atomic E-state index is 13.8. The lowest BCUT2D eigenvalue weighted by molar-refractivity contribution is 0.0733. The van der Waals surface area contributed by atoms with Gasteiger partial charge in [-0.25, -0.2) is 9.18 Å². The number of urea groups is 1. The topological polar surface area (TPSA) is 63.5 Å². The maximum absolute atomic E-state index is 13.8. The van der Waals surface area contributed by atoms with E-state index >= 15 is 0 Å². The quantitative estimate of drug-likeness (QED) is 0.862. The molecule has 5 nitrogen and oxygen atoms in total. The highest BCUT2D eigenvalue weighted by molar-refractivity contribution is 5.74.